The van der Waals surface area contributed by atoms with E-state index in [9.17, 15) is 20.0 Å². The van der Waals surface area contributed by atoms with Gasteiger partial charge in [0, 0.05) is 19.7 Å². The van der Waals surface area contributed by atoms with Crippen molar-refractivity contribution in [3.8, 4) is 0 Å². The number of rotatable bonds is 7. The molecule has 1 atom stereocenters. The van der Waals surface area contributed by atoms with E-state index in [-0.39, 0.29) is 18.1 Å². The van der Waals surface area contributed by atoms with E-state index in [4.69, 9.17) is 0 Å². The van der Waals surface area contributed by atoms with Crippen molar-refractivity contribution < 1.29 is 14.8 Å². The number of aliphatic hydroxyl groups excluding tert-OH is 1. The van der Waals surface area contributed by atoms with E-state index in [2.05, 4.69) is 5.32 Å². The van der Waals surface area contributed by atoms with Crippen molar-refractivity contribution in [1.82, 2.24) is 5.32 Å². The van der Waals surface area contributed by atoms with Gasteiger partial charge in [0.2, 0.25) is 5.91 Å². The number of nitrogens with zero attached hydrogens (tertiary/aromatic N) is 2. The molecule has 0 saturated carbocycles. The van der Waals surface area contributed by atoms with E-state index in [0.717, 1.165) is 6.42 Å². The van der Waals surface area contributed by atoms with Gasteiger partial charge in [-0.1, -0.05) is 13.0 Å². The molecule has 0 radical (unpaired) electrons. The number of nitro benzene ring substituents is 1. The molecule has 1 amide bonds. The Morgan fingerprint density at radius 1 is 1.52 bits per heavy atom. The standard InChI is InChI=1S/C14H21N3O4/c1-4-7-15-14(19)9-16(3)12-6-5-11(10(2)18)8-13(12)17(20)21/h5-6,8,10,18H,4,7,9H2,1-3H3,(H,15,19). The van der Waals surface area contributed by atoms with Gasteiger partial charge in [-0.25, -0.2) is 0 Å². The van der Waals surface area contributed by atoms with Crippen LogP contribution >= 0.6 is 0 Å². The van der Waals surface area contributed by atoms with Gasteiger partial charge in [0.05, 0.1) is 17.6 Å². The van der Waals surface area contributed by atoms with Crippen LogP contribution in [0.2, 0.25) is 0 Å². The van der Waals surface area contributed by atoms with Crippen LogP contribution in [0.15, 0.2) is 18.2 Å². The van der Waals surface area contributed by atoms with E-state index in [1.165, 1.54) is 11.0 Å². The number of carbonyl (C=O) groups is 1. The molecule has 116 valence electrons. The number of benzene rings is 1. The summed E-state index contributed by atoms with van der Waals surface area (Å²) in [5.41, 5.74) is 0.685. The van der Waals surface area contributed by atoms with Crippen LogP contribution in [0.4, 0.5) is 11.4 Å². The number of carbonyl (C=O) groups excluding carboxylic acids is 1. The first kappa shape index (κ1) is 16.9. The van der Waals surface area contributed by atoms with Crippen molar-refractivity contribution in [3.05, 3.63) is 33.9 Å². The Morgan fingerprint density at radius 3 is 2.71 bits per heavy atom. The van der Waals surface area contributed by atoms with Crippen LogP contribution in [-0.2, 0) is 4.79 Å². The molecule has 1 aromatic carbocycles. The highest BCUT2D eigenvalue weighted by Gasteiger charge is 2.20. The summed E-state index contributed by atoms with van der Waals surface area (Å²) >= 11 is 0. The molecule has 0 aromatic heterocycles. The molecule has 2 N–H and O–H groups in total. The van der Waals surface area contributed by atoms with Gasteiger partial charge in [-0.05, 0) is 25.0 Å². The van der Waals surface area contributed by atoms with Crippen molar-refractivity contribution in [2.45, 2.75) is 26.4 Å². The summed E-state index contributed by atoms with van der Waals surface area (Å²) in [5.74, 6) is -0.187. The van der Waals surface area contributed by atoms with Gasteiger partial charge in [-0.2, -0.15) is 0 Å². The van der Waals surface area contributed by atoms with Crippen molar-refractivity contribution in [2.24, 2.45) is 0 Å². The van der Waals surface area contributed by atoms with E-state index in [1.807, 2.05) is 6.92 Å². The van der Waals surface area contributed by atoms with Gasteiger partial charge in [0.25, 0.3) is 5.69 Å². The van der Waals surface area contributed by atoms with Crippen LogP contribution in [0, 0.1) is 10.1 Å². The molecule has 0 saturated heterocycles. The lowest BCUT2D eigenvalue weighted by atomic mass is 10.1. The Hall–Kier alpha value is -2.15. The van der Waals surface area contributed by atoms with Crippen molar-refractivity contribution in [1.29, 1.82) is 0 Å². The molecule has 0 bridgehead atoms. The number of amides is 1. The van der Waals surface area contributed by atoms with Gasteiger partial charge in [0.15, 0.2) is 0 Å². The molecule has 0 aliphatic rings. The zero-order valence-electron chi connectivity index (χ0n) is 12.5. The number of anilines is 1. The van der Waals surface area contributed by atoms with Crippen molar-refractivity contribution in [3.63, 3.8) is 0 Å². The van der Waals surface area contributed by atoms with Gasteiger partial charge >= 0.3 is 0 Å². The van der Waals surface area contributed by atoms with Gasteiger partial charge in [-0.15, -0.1) is 0 Å². The predicted molar refractivity (Wildman–Crippen MR) is 80.3 cm³/mol. The fourth-order valence-corrected chi connectivity index (χ4v) is 1.89. The lowest BCUT2D eigenvalue weighted by molar-refractivity contribution is -0.384. The van der Waals surface area contributed by atoms with E-state index in [1.54, 1.807) is 26.1 Å². The zero-order chi connectivity index (χ0) is 16.0. The maximum Gasteiger partial charge on any atom is 0.292 e. The monoisotopic (exact) mass is 295 g/mol. The maximum atomic E-state index is 11.7. The number of aliphatic hydroxyl groups is 1. The number of hydrogen-bond acceptors (Lipinski definition) is 5. The third kappa shape index (κ3) is 4.71. The zero-order valence-corrected chi connectivity index (χ0v) is 12.5. The summed E-state index contributed by atoms with van der Waals surface area (Å²) < 4.78 is 0. The molecule has 21 heavy (non-hydrogen) atoms. The average molecular weight is 295 g/mol. The molecule has 1 unspecified atom stereocenters. The first-order chi connectivity index (χ1) is 9.86. The summed E-state index contributed by atoms with van der Waals surface area (Å²) in [6.45, 7) is 4.11. The normalized spacial score (nSPS) is 11.8. The van der Waals surface area contributed by atoms with E-state index >= 15 is 0 Å². The molecule has 1 rings (SSSR count). The van der Waals surface area contributed by atoms with Crippen LogP contribution in [-0.4, -0.2) is 36.1 Å². The smallest absolute Gasteiger partial charge is 0.292 e. The Morgan fingerprint density at radius 2 is 2.19 bits per heavy atom. The van der Waals surface area contributed by atoms with Crippen LogP contribution in [0.5, 0.6) is 0 Å². The minimum atomic E-state index is -0.782. The maximum absolute atomic E-state index is 11.7. The minimum Gasteiger partial charge on any atom is -0.389 e. The van der Waals surface area contributed by atoms with Crippen LogP contribution in [0.3, 0.4) is 0 Å². The van der Waals surface area contributed by atoms with Crippen LogP contribution < -0.4 is 10.2 Å². The highest BCUT2D eigenvalue weighted by Crippen LogP contribution is 2.30. The Bertz CT molecular complexity index is 517. The Kier molecular flexibility index (Phi) is 6.10. The summed E-state index contributed by atoms with van der Waals surface area (Å²) in [7, 11) is 1.62. The second kappa shape index (κ2) is 7.58. The summed E-state index contributed by atoms with van der Waals surface area (Å²) in [6.07, 6.45) is 0.0505. The number of nitro groups is 1. The fraction of sp³-hybridized carbons (Fsp3) is 0.500. The second-order valence-electron chi connectivity index (χ2n) is 4.89. The molecule has 7 heteroatoms. The van der Waals surface area contributed by atoms with Crippen LogP contribution in [0.1, 0.15) is 31.9 Å². The molecule has 0 fully saturated rings. The molecule has 7 nitrogen and oxygen atoms in total. The molecular formula is C14H21N3O4. The lowest BCUT2D eigenvalue weighted by Crippen LogP contribution is -2.35. The number of hydrogen-bond donors (Lipinski definition) is 2. The average Bonchev–Trinajstić information content (AvgIpc) is 2.44. The van der Waals surface area contributed by atoms with E-state index in [0.29, 0.717) is 17.8 Å². The third-order valence-electron chi connectivity index (χ3n) is 3.04. The SMILES string of the molecule is CCCNC(=O)CN(C)c1ccc(C(C)O)cc1[N+](=O)[O-]. The molecule has 0 aliphatic heterocycles. The van der Waals surface area contributed by atoms with Crippen LogP contribution in [0.25, 0.3) is 0 Å². The molecule has 0 aliphatic carbocycles. The molecule has 0 spiro atoms. The molecule has 0 heterocycles. The Labute approximate surface area is 123 Å². The first-order valence-electron chi connectivity index (χ1n) is 6.81. The quantitative estimate of drug-likeness (QED) is 0.588. The number of nitrogens with one attached hydrogen (secondary N) is 1. The highest BCUT2D eigenvalue weighted by molar-refractivity contribution is 5.82. The van der Waals surface area contributed by atoms with Crippen molar-refractivity contribution >= 4 is 17.3 Å². The topological polar surface area (TPSA) is 95.7 Å². The van der Waals surface area contributed by atoms with E-state index < -0.39 is 11.0 Å². The summed E-state index contributed by atoms with van der Waals surface area (Å²) in [6, 6.07) is 4.50. The third-order valence-corrected chi connectivity index (χ3v) is 3.04. The summed E-state index contributed by atoms with van der Waals surface area (Å²) in [4.78, 5) is 23.8. The first-order valence-corrected chi connectivity index (χ1v) is 6.81. The summed E-state index contributed by atoms with van der Waals surface area (Å²) in [5, 5.41) is 23.4. The van der Waals surface area contributed by atoms with Crippen molar-refractivity contribution in [2.75, 3.05) is 25.0 Å². The largest absolute Gasteiger partial charge is 0.389 e. The lowest BCUT2D eigenvalue weighted by Gasteiger charge is -2.19. The Balaban J connectivity index is 2.95. The fourth-order valence-electron chi connectivity index (χ4n) is 1.89. The van der Waals surface area contributed by atoms with Gasteiger partial charge in [0.1, 0.15) is 5.69 Å². The van der Waals surface area contributed by atoms with Gasteiger partial charge in [-0.3, -0.25) is 14.9 Å². The predicted octanol–water partition coefficient (Wildman–Crippen LogP) is 1.61. The number of likely N-dealkylation sites (N-methyl/N-ethyl adjacent to an activating group) is 1. The molecule has 1 aromatic rings. The minimum absolute atomic E-state index is 0.0366. The van der Waals surface area contributed by atoms with Gasteiger partial charge < -0.3 is 15.3 Å². The highest BCUT2D eigenvalue weighted by atomic mass is 16.6. The molecular weight excluding hydrogens is 274 g/mol. The second-order valence-corrected chi connectivity index (χ2v) is 4.89.